The van der Waals surface area contributed by atoms with Crippen molar-refractivity contribution in [2.75, 3.05) is 11.9 Å². The van der Waals surface area contributed by atoms with Gasteiger partial charge in [0.25, 0.3) is 0 Å². The highest BCUT2D eigenvalue weighted by Gasteiger charge is 2.07. The Morgan fingerprint density at radius 2 is 1.89 bits per heavy atom. The number of nitrogens with one attached hydrogen (secondary N) is 1. The molecule has 3 heteroatoms. The van der Waals surface area contributed by atoms with Crippen molar-refractivity contribution in [3.05, 3.63) is 65.5 Å². The first-order valence-corrected chi connectivity index (χ1v) is 6.45. The molecule has 0 heterocycles. The van der Waals surface area contributed by atoms with Crippen LogP contribution in [0.3, 0.4) is 0 Å². The highest BCUT2D eigenvalue weighted by Crippen LogP contribution is 2.16. The molecule has 0 amide bonds. The van der Waals surface area contributed by atoms with Crippen molar-refractivity contribution >= 4 is 5.69 Å². The van der Waals surface area contributed by atoms with Crippen LogP contribution in [0.25, 0.3) is 0 Å². The van der Waals surface area contributed by atoms with Crippen LogP contribution in [0.2, 0.25) is 0 Å². The molecule has 1 atom stereocenters. The maximum absolute atomic E-state index is 13.0. The average Bonchev–Trinajstić information content (AvgIpc) is 2.45. The van der Waals surface area contributed by atoms with E-state index in [0.717, 1.165) is 12.1 Å². The first kappa shape index (κ1) is 13.6. The fraction of sp³-hybridized carbons (Fsp3) is 0.250. The fourth-order valence-corrected chi connectivity index (χ4v) is 1.90. The van der Waals surface area contributed by atoms with Crippen molar-refractivity contribution in [3.8, 4) is 0 Å². The second kappa shape index (κ2) is 6.34. The number of aliphatic hydroxyl groups excluding tert-OH is 1. The summed E-state index contributed by atoms with van der Waals surface area (Å²) in [6.45, 7) is 2.46. The molecule has 0 spiro atoms. The Morgan fingerprint density at radius 3 is 2.53 bits per heavy atom. The first-order valence-electron chi connectivity index (χ1n) is 6.45. The molecule has 0 saturated carbocycles. The van der Waals surface area contributed by atoms with Crippen LogP contribution in [0.15, 0.2) is 48.5 Å². The van der Waals surface area contributed by atoms with Crippen LogP contribution in [0.4, 0.5) is 10.1 Å². The quantitative estimate of drug-likeness (QED) is 0.861. The average molecular weight is 259 g/mol. The Bertz CT molecular complexity index is 525. The predicted octanol–water partition coefficient (Wildman–Crippen LogP) is 3.53. The highest BCUT2D eigenvalue weighted by atomic mass is 19.1. The topological polar surface area (TPSA) is 32.3 Å². The van der Waals surface area contributed by atoms with Crippen LogP contribution in [0.5, 0.6) is 0 Å². The summed E-state index contributed by atoms with van der Waals surface area (Å²) in [6, 6.07) is 14.1. The van der Waals surface area contributed by atoms with Gasteiger partial charge < -0.3 is 10.4 Å². The standard InChI is InChI=1S/C16H18FNO/c1-2-12-6-8-15(9-7-12)18-11-16(19)13-4-3-5-14(17)10-13/h3-10,16,18-19H,2,11H2,1H3. The lowest BCUT2D eigenvalue weighted by molar-refractivity contribution is 0.191. The van der Waals surface area contributed by atoms with Gasteiger partial charge >= 0.3 is 0 Å². The summed E-state index contributed by atoms with van der Waals surface area (Å²) < 4.78 is 13.0. The summed E-state index contributed by atoms with van der Waals surface area (Å²) in [5.74, 6) is -0.330. The molecule has 0 radical (unpaired) electrons. The zero-order chi connectivity index (χ0) is 13.7. The van der Waals surface area contributed by atoms with E-state index in [1.54, 1.807) is 12.1 Å². The molecule has 2 aromatic carbocycles. The van der Waals surface area contributed by atoms with E-state index in [4.69, 9.17) is 0 Å². The lowest BCUT2D eigenvalue weighted by Gasteiger charge is -2.13. The molecule has 2 N–H and O–H groups in total. The third-order valence-electron chi connectivity index (χ3n) is 3.10. The number of aryl methyl sites for hydroxylation is 1. The van der Waals surface area contributed by atoms with Gasteiger partial charge in [-0.15, -0.1) is 0 Å². The van der Waals surface area contributed by atoms with E-state index in [-0.39, 0.29) is 5.82 Å². The molecule has 0 bridgehead atoms. The minimum absolute atomic E-state index is 0.330. The highest BCUT2D eigenvalue weighted by molar-refractivity contribution is 5.45. The molecule has 0 aliphatic carbocycles. The molecule has 1 unspecified atom stereocenters. The van der Waals surface area contributed by atoms with Crippen LogP contribution in [0.1, 0.15) is 24.2 Å². The van der Waals surface area contributed by atoms with Gasteiger partial charge in [0.05, 0.1) is 6.10 Å². The number of rotatable bonds is 5. The molecule has 2 aromatic rings. The summed E-state index contributed by atoms with van der Waals surface area (Å²) in [5.41, 5.74) is 2.81. The van der Waals surface area contributed by atoms with Gasteiger partial charge in [0, 0.05) is 12.2 Å². The largest absolute Gasteiger partial charge is 0.387 e. The fourth-order valence-electron chi connectivity index (χ4n) is 1.90. The molecular weight excluding hydrogens is 241 g/mol. The Hall–Kier alpha value is -1.87. The summed E-state index contributed by atoms with van der Waals surface area (Å²) >= 11 is 0. The van der Waals surface area contributed by atoms with Gasteiger partial charge in [-0.3, -0.25) is 0 Å². The van der Waals surface area contributed by atoms with E-state index in [9.17, 15) is 9.50 Å². The minimum Gasteiger partial charge on any atom is -0.387 e. The van der Waals surface area contributed by atoms with Gasteiger partial charge in [0.2, 0.25) is 0 Å². The van der Waals surface area contributed by atoms with Crippen molar-refractivity contribution in [3.63, 3.8) is 0 Å². The molecule has 0 saturated heterocycles. The van der Waals surface area contributed by atoms with Crippen molar-refractivity contribution < 1.29 is 9.50 Å². The van der Waals surface area contributed by atoms with Gasteiger partial charge in [-0.25, -0.2) is 4.39 Å². The van der Waals surface area contributed by atoms with Crippen LogP contribution < -0.4 is 5.32 Å². The summed E-state index contributed by atoms with van der Waals surface area (Å²) in [6.07, 6.45) is 0.285. The van der Waals surface area contributed by atoms with Crippen molar-refractivity contribution in [1.82, 2.24) is 0 Å². The molecule has 0 aliphatic heterocycles. The SMILES string of the molecule is CCc1ccc(NCC(O)c2cccc(F)c2)cc1. The number of hydrogen-bond donors (Lipinski definition) is 2. The van der Waals surface area contributed by atoms with E-state index < -0.39 is 6.10 Å². The molecule has 19 heavy (non-hydrogen) atoms. The van der Waals surface area contributed by atoms with Crippen LogP contribution >= 0.6 is 0 Å². The van der Waals surface area contributed by atoms with Gasteiger partial charge in [-0.1, -0.05) is 31.2 Å². The van der Waals surface area contributed by atoms with Gasteiger partial charge in [0.1, 0.15) is 5.82 Å². The van der Waals surface area contributed by atoms with Crippen molar-refractivity contribution in [1.29, 1.82) is 0 Å². The monoisotopic (exact) mass is 259 g/mol. The van der Waals surface area contributed by atoms with Crippen LogP contribution in [0, 0.1) is 5.82 Å². The Kier molecular flexibility index (Phi) is 4.53. The van der Waals surface area contributed by atoms with Crippen LogP contribution in [-0.4, -0.2) is 11.7 Å². The van der Waals surface area contributed by atoms with Crippen molar-refractivity contribution in [2.24, 2.45) is 0 Å². The maximum Gasteiger partial charge on any atom is 0.123 e. The lowest BCUT2D eigenvalue weighted by atomic mass is 10.1. The Labute approximate surface area is 112 Å². The molecule has 100 valence electrons. The van der Waals surface area contributed by atoms with Crippen molar-refractivity contribution in [2.45, 2.75) is 19.4 Å². The number of benzene rings is 2. The maximum atomic E-state index is 13.0. The third kappa shape index (κ3) is 3.80. The normalized spacial score (nSPS) is 12.2. The number of hydrogen-bond acceptors (Lipinski definition) is 2. The van der Waals surface area contributed by atoms with E-state index in [2.05, 4.69) is 24.4 Å². The Morgan fingerprint density at radius 1 is 1.16 bits per heavy atom. The third-order valence-corrected chi connectivity index (χ3v) is 3.10. The first-order chi connectivity index (χ1) is 9.19. The molecule has 0 aromatic heterocycles. The zero-order valence-corrected chi connectivity index (χ0v) is 10.9. The molecule has 2 rings (SSSR count). The molecule has 2 nitrogen and oxygen atoms in total. The lowest BCUT2D eigenvalue weighted by Crippen LogP contribution is -2.12. The van der Waals surface area contributed by atoms with Gasteiger partial charge in [-0.05, 0) is 41.8 Å². The smallest absolute Gasteiger partial charge is 0.123 e. The molecular formula is C16H18FNO. The van der Waals surface area contributed by atoms with E-state index in [1.165, 1.54) is 17.7 Å². The summed E-state index contributed by atoms with van der Waals surface area (Å²) in [5, 5.41) is 13.1. The minimum atomic E-state index is -0.721. The van der Waals surface area contributed by atoms with Gasteiger partial charge in [-0.2, -0.15) is 0 Å². The number of anilines is 1. The van der Waals surface area contributed by atoms with E-state index in [1.807, 2.05) is 12.1 Å². The number of halogens is 1. The second-order valence-electron chi connectivity index (χ2n) is 4.50. The van der Waals surface area contributed by atoms with E-state index in [0.29, 0.717) is 12.1 Å². The zero-order valence-electron chi connectivity index (χ0n) is 10.9. The summed E-state index contributed by atoms with van der Waals surface area (Å²) in [7, 11) is 0. The van der Waals surface area contributed by atoms with Crippen LogP contribution in [-0.2, 0) is 6.42 Å². The van der Waals surface area contributed by atoms with E-state index >= 15 is 0 Å². The summed E-state index contributed by atoms with van der Waals surface area (Å²) in [4.78, 5) is 0. The Balaban J connectivity index is 1.94. The van der Waals surface area contributed by atoms with Gasteiger partial charge in [0.15, 0.2) is 0 Å². The molecule has 0 fully saturated rings. The second-order valence-corrected chi connectivity index (χ2v) is 4.50. The number of aliphatic hydroxyl groups is 1. The predicted molar refractivity (Wildman–Crippen MR) is 75.7 cm³/mol. The molecule has 0 aliphatic rings.